The molecule has 0 amide bonds. The van der Waals surface area contributed by atoms with Crippen LogP contribution in [0.3, 0.4) is 0 Å². The summed E-state index contributed by atoms with van der Waals surface area (Å²) in [5, 5.41) is 0. The molecule has 0 unspecified atom stereocenters. The molecule has 126 valence electrons. The van der Waals surface area contributed by atoms with E-state index in [0.29, 0.717) is 5.92 Å². The van der Waals surface area contributed by atoms with E-state index in [1.807, 2.05) is 6.21 Å². The molecule has 3 nitrogen and oxygen atoms in total. The highest BCUT2D eigenvalue weighted by atomic mass is 16.5. The highest BCUT2D eigenvalue weighted by Crippen LogP contribution is 2.22. The van der Waals surface area contributed by atoms with Crippen LogP contribution in [-0.2, 0) is 4.74 Å². The third kappa shape index (κ3) is 4.24. The van der Waals surface area contributed by atoms with Gasteiger partial charge in [-0.1, -0.05) is 38.1 Å². The van der Waals surface area contributed by atoms with Crippen LogP contribution in [0.15, 0.2) is 53.5 Å². The van der Waals surface area contributed by atoms with Crippen molar-refractivity contribution < 1.29 is 4.74 Å². The molecule has 1 aliphatic heterocycles. The van der Waals surface area contributed by atoms with Crippen LogP contribution in [-0.4, -0.2) is 32.5 Å². The predicted octanol–water partition coefficient (Wildman–Crippen LogP) is 4.79. The molecule has 0 bridgehead atoms. The van der Waals surface area contributed by atoms with E-state index in [1.54, 1.807) is 0 Å². The lowest BCUT2D eigenvalue weighted by Crippen LogP contribution is -2.36. The largest absolute Gasteiger partial charge is 0.378 e. The van der Waals surface area contributed by atoms with Crippen molar-refractivity contribution >= 4 is 17.6 Å². The van der Waals surface area contributed by atoms with E-state index < -0.39 is 0 Å². The zero-order valence-corrected chi connectivity index (χ0v) is 14.6. The van der Waals surface area contributed by atoms with Crippen molar-refractivity contribution in [2.24, 2.45) is 4.99 Å². The van der Waals surface area contributed by atoms with Crippen LogP contribution in [0, 0.1) is 0 Å². The Bertz CT molecular complexity index is 655. The van der Waals surface area contributed by atoms with E-state index in [2.05, 4.69) is 72.3 Å². The van der Waals surface area contributed by atoms with E-state index in [4.69, 9.17) is 4.74 Å². The summed E-state index contributed by atoms with van der Waals surface area (Å²) in [6, 6.07) is 17.1. The molecular weight excluding hydrogens is 296 g/mol. The maximum absolute atomic E-state index is 5.40. The molecule has 1 heterocycles. The number of hydrogen-bond donors (Lipinski definition) is 0. The molecule has 2 aromatic rings. The fourth-order valence-corrected chi connectivity index (χ4v) is 2.87. The van der Waals surface area contributed by atoms with Gasteiger partial charge in [-0.3, -0.25) is 4.99 Å². The molecule has 3 heteroatoms. The summed E-state index contributed by atoms with van der Waals surface area (Å²) < 4.78 is 5.40. The molecule has 1 fully saturated rings. The molecule has 0 N–H and O–H groups in total. The van der Waals surface area contributed by atoms with Crippen molar-refractivity contribution in [2.45, 2.75) is 26.2 Å². The topological polar surface area (TPSA) is 24.8 Å². The second kappa shape index (κ2) is 8.11. The average molecular weight is 322 g/mol. The van der Waals surface area contributed by atoms with Crippen LogP contribution in [0.1, 0.15) is 37.3 Å². The smallest absolute Gasteiger partial charge is 0.0642 e. The normalized spacial score (nSPS) is 16.5. The van der Waals surface area contributed by atoms with Gasteiger partial charge in [0.25, 0.3) is 0 Å². The molecule has 0 spiro atoms. The number of anilines is 1. The standard InChI is InChI=1S/C21H26N2O/c1-3-17(2)19-6-8-20(9-7-19)22-16-18-4-10-21(11-5-18)23-12-14-24-15-13-23/h4-11,16-17H,3,12-15H2,1-2H3/t17-/m0/s1. The lowest BCUT2D eigenvalue weighted by molar-refractivity contribution is 0.122. The Hall–Kier alpha value is -2.13. The van der Waals surface area contributed by atoms with E-state index in [9.17, 15) is 0 Å². The zero-order chi connectivity index (χ0) is 16.8. The van der Waals surface area contributed by atoms with Crippen molar-refractivity contribution in [1.82, 2.24) is 0 Å². The summed E-state index contributed by atoms with van der Waals surface area (Å²) in [6.45, 7) is 8.04. The maximum Gasteiger partial charge on any atom is 0.0642 e. The summed E-state index contributed by atoms with van der Waals surface area (Å²) >= 11 is 0. The lowest BCUT2D eigenvalue weighted by Gasteiger charge is -2.28. The molecule has 0 aliphatic carbocycles. The first-order valence-corrected chi connectivity index (χ1v) is 8.83. The van der Waals surface area contributed by atoms with Crippen molar-refractivity contribution in [3.63, 3.8) is 0 Å². The molecule has 0 radical (unpaired) electrons. The third-order valence-corrected chi connectivity index (χ3v) is 4.71. The maximum atomic E-state index is 5.40. The van der Waals surface area contributed by atoms with E-state index >= 15 is 0 Å². The molecule has 2 aromatic carbocycles. The van der Waals surface area contributed by atoms with Crippen LogP contribution in [0.2, 0.25) is 0 Å². The van der Waals surface area contributed by atoms with Crippen molar-refractivity contribution in [3.05, 3.63) is 59.7 Å². The Morgan fingerprint density at radius 2 is 1.71 bits per heavy atom. The molecule has 1 aliphatic rings. The van der Waals surface area contributed by atoms with E-state index in [-0.39, 0.29) is 0 Å². The average Bonchev–Trinajstić information content (AvgIpc) is 2.67. The summed E-state index contributed by atoms with van der Waals surface area (Å²) in [5.74, 6) is 0.607. The van der Waals surface area contributed by atoms with E-state index in [1.165, 1.54) is 11.3 Å². The number of aliphatic imine (C=N–C) groups is 1. The number of ether oxygens (including phenoxy) is 1. The fourth-order valence-electron chi connectivity index (χ4n) is 2.87. The van der Waals surface area contributed by atoms with Gasteiger partial charge in [0.1, 0.15) is 0 Å². The van der Waals surface area contributed by atoms with Gasteiger partial charge in [-0.25, -0.2) is 0 Å². The summed E-state index contributed by atoms with van der Waals surface area (Å²) in [6.07, 6.45) is 3.10. The Kier molecular flexibility index (Phi) is 5.65. The summed E-state index contributed by atoms with van der Waals surface area (Å²) in [5.41, 5.74) is 4.76. The van der Waals surface area contributed by atoms with Gasteiger partial charge in [0, 0.05) is 25.0 Å². The first-order valence-electron chi connectivity index (χ1n) is 8.83. The Morgan fingerprint density at radius 1 is 1.04 bits per heavy atom. The minimum Gasteiger partial charge on any atom is -0.378 e. The van der Waals surface area contributed by atoms with Crippen LogP contribution >= 0.6 is 0 Å². The zero-order valence-electron chi connectivity index (χ0n) is 14.6. The van der Waals surface area contributed by atoms with Crippen molar-refractivity contribution in [2.75, 3.05) is 31.2 Å². The highest BCUT2D eigenvalue weighted by molar-refractivity contribution is 5.82. The van der Waals surface area contributed by atoms with Gasteiger partial charge >= 0.3 is 0 Å². The number of nitrogens with zero attached hydrogens (tertiary/aromatic N) is 2. The number of morpholine rings is 1. The summed E-state index contributed by atoms with van der Waals surface area (Å²) in [7, 11) is 0. The van der Waals surface area contributed by atoms with Gasteiger partial charge in [0.2, 0.25) is 0 Å². The number of benzene rings is 2. The number of hydrogen-bond acceptors (Lipinski definition) is 3. The Morgan fingerprint density at radius 3 is 2.33 bits per heavy atom. The molecular formula is C21H26N2O. The second-order valence-electron chi connectivity index (χ2n) is 6.35. The predicted molar refractivity (Wildman–Crippen MR) is 102 cm³/mol. The van der Waals surface area contributed by atoms with Crippen LogP contribution in [0.4, 0.5) is 11.4 Å². The van der Waals surface area contributed by atoms with E-state index in [0.717, 1.165) is 44.0 Å². The second-order valence-corrected chi connectivity index (χ2v) is 6.35. The minimum atomic E-state index is 0.607. The summed E-state index contributed by atoms with van der Waals surface area (Å²) in [4.78, 5) is 6.95. The van der Waals surface area contributed by atoms with Crippen LogP contribution < -0.4 is 4.90 Å². The molecule has 1 saturated heterocycles. The molecule has 0 saturated carbocycles. The van der Waals surface area contributed by atoms with Gasteiger partial charge in [0.15, 0.2) is 0 Å². The third-order valence-electron chi connectivity index (χ3n) is 4.71. The van der Waals surface area contributed by atoms with Gasteiger partial charge < -0.3 is 9.64 Å². The highest BCUT2D eigenvalue weighted by Gasteiger charge is 2.10. The fraction of sp³-hybridized carbons (Fsp3) is 0.381. The van der Waals surface area contributed by atoms with Gasteiger partial charge in [-0.05, 0) is 47.7 Å². The Balaban J connectivity index is 1.63. The van der Waals surface area contributed by atoms with Crippen LogP contribution in [0.25, 0.3) is 0 Å². The first-order chi connectivity index (χ1) is 11.8. The first kappa shape index (κ1) is 16.7. The van der Waals surface area contributed by atoms with Gasteiger partial charge in [-0.15, -0.1) is 0 Å². The number of rotatable bonds is 5. The minimum absolute atomic E-state index is 0.607. The SMILES string of the molecule is CC[C@H](C)c1ccc(N=Cc2ccc(N3CCOCC3)cc2)cc1. The van der Waals surface area contributed by atoms with Crippen molar-refractivity contribution in [1.29, 1.82) is 0 Å². The molecule has 0 aromatic heterocycles. The quantitative estimate of drug-likeness (QED) is 0.740. The lowest BCUT2D eigenvalue weighted by atomic mass is 9.99. The molecule has 3 rings (SSSR count). The van der Waals surface area contributed by atoms with Gasteiger partial charge in [-0.2, -0.15) is 0 Å². The molecule has 24 heavy (non-hydrogen) atoms. The molecule has 1 atom stereocenters. The van der Waals surface area contributed by atoms with Crippen molar-refractivity contribution in [3.8, 4) is 0 Å². The van der Waals surface area contributed by atoms with Crippen LogP contribution in [0.5, 0.6) is 0 Å². The monoisotopic (exact) mass is 322 g/mol. The van der Waals surface area contributed by atoms with Gasteiger partial charge in [0.05, 0.1) is 18.9 Å². The Labute approximate surface area is 145 Å².